The van der Waals surface area contributed by atoms with Gasteiger partial charge in [0.15, 0.2) is 0 Å². The van der Waals surface area contributed by atoms with E-state index in [1.54, 1.807) is 12.3 Å². The van der Waals surface area contributed by atoms with Crippen molar-refractivity contribution in [3.05, 3.63) is 39.2 Å². The van der Waals surface area contributed by atoms with Gasteiger partial charge in [-0.1, -0.05) is 0 Å². The van der Waals surface area contributed by atoms with Crippen LogP contribution in [0.3, 0.4) is 0 Å². The van der Waals surface area contributed by atoms with E-state index < -0.39 is 0 Å². The molecule has 0 N–H and O–H groups in total. The molecule has 1 aliphatic heterocycles. The topological polar surface area (TPSA) is 52.8 Å². The average molecular weight is 297 g/mol. The SMILES string of the molecule is O=c1cc(OC2COC2)nc2ccc(Br)cn12. The number of nitrogens with zero attached hydrogens (tertiary/aromatic N) is 2. The van der Waals surface area contributed by atoms with Gasteiger partial charge in [0, 0.05) is 10.7 Å². The Balaban J connectivity index is 2.04. The first-order valence-electron chi connectivity index (χ1n) is 5.16. The highest BCUT2D eigenvalue weighted by Crippen LogP contribution is 2.14. The molecular weight excluding hydrogens is 288 g/mol. The van der Waals surface area contributed by atoms with Gasteiger partial charge in [-0.15, -0.1) is 0 Å². The first kappa shape index (κ1) is 10.7. The Morgan fingerprint density at radius 3 is 3.00 bits per heavy atom. The van der Waals surface area contributed by atoms with E-state index in [-0.39, 0.29) is 11.7 Å². The molecule has 1 fully saturated rings. The molecule has 0 saturated carbocycles. The highest BCUT2D eigenvalue weighted by molar-refractivity contribution is 9.10. The number of ether oxygens (including phenoxy) is 2. The number of halogens is 1. The minimum atomic E-state index is -0.161. The van der Waals surface area contributed by atoms with Gasteiger partial charge in [0.05, 0.1) is 19.3 Å². The fraction of sp³-hybridized carbons (Fsp3) is 0.273. The van der Waals surface area contributed by atoms with Gasteiger partial charge < -0.3 is 9.47 Å². The lowest BCUT2D eigenvalue weighted by molar-refractivity contribution is -0.0813. The summed E-state index contributed by atoms with van der Waals surface area (Å²) in [6.07, 6.45) is 1.70. The summed E-state index contributed by atoms with van der Waals surface area (Å²) in [5, 5.41) is 0. The molecule has 0 atom stereocenters. The molecule has 3 heterocycles. The van der Waals surface area contributed by atoms with Crippen LogP contribution in [0.1, 0.15) is 0 Å². The second-order valence-electron chi connectivity index (χ2n) is 3.79. The van der Waals surface area contributed by atoms with Crippen molar-refractivity contribution in [1.29, 1.82) is 0 Å². The molecule has 0 unspecified atom stereocenters. The Labute approximate surface area is 105 Å². The fourth-order valence-corrected chi connectivity index (χ4v) is 1.91. The molecule has 3 rings (SSSR count). The lowest BCUT2D eigenvalue weighted by atomic mass is 10.3. The van der Waals surface area contributed by atoms with Crippen LogP contribution in [0.15, 0.2) is 33.7 Å². The van der Waals surface area contributed by atoms with E-state index in [0.717, 1.165) is 4.47 Å². The molecule has 17 heavy (non-hydrogen) atoms. The predicted octanol–water partition coefficient (Wildman–Crippen LogP) is 1.23. The molecule has 88 valence electrons. The molecule has 2 aromatic rings. The van der Waals surface area contributed by atoms with Crippen LogP contribution in [0, 0.1) is 0 Å². The van der Waals surface area contributed by atoms with E-state index in [9.17, 15) is 4.79 Å². The molecule has 5 nitrogen and oxygen atoms in total. The molecule has 1 aliphatic rings. The molecule has 6 heteroatoms. The van der Waals surface area contributed by atoms with Crippen LogP contribution in [0.2, 0.25) is 0 Å². The number of pyridine rings is 1. The minimum Gasteiger partial charge on any atom is -0.469 e. The minimum absolute atomic E-state index is 0.0137. The summed E-state index contributed by atoms with van der Waals surface area (Å²) < 4.78 is 12.8. The molecule has 2 aromatic heterocycles. The van der Waals surface area contributed by atoms with Gasteiger partial charge in [0.1, 0.15) is 11.8 Å². The largest absolute Gasteiger partial charge is 0.469 e. The summed E-state index contributed by atoms with van der Waals surface area (Å²) >= 11 is 3.31. The highest BCUT2D eigenvalue weighted by Gasteiger charge is 2.21. The lowest BCUT2D eigenvalue weighted by Gasteiger charge is -2.25. The monoisotopic (exact) mass is 296 g/mol. The summed E-state index contributed by atoms with van der Waals surface area (Å²) in [5.74, 6) is 0.352. The molecular formula is C11H9BrN2O3. The maximum absolute atomic E-state index is 11.8. The molecule has 0 aromatic carbocycles. The van der Waals surface area contributed by atoms with E-state index in [1.165, 1.54) is 10.5 Å². The van der Waals surface area contributed by atoms with Crippen molar-refractivity contribution in [2.75, 3.05) is 13.2 Å². The second-order valence-corrected chi connectivity index (χ2v) is 4.70. The second kappa shape index (κ2) is 4.12. The number of fused-ring (bicyclic) bond motifs is 1. The van der Waals surface area contributed by atoms with E-state index in [1.807, 2.05) is 6.07 Å². The predicted molar refractivity (Wildman–Crippen MR) is 64.4 cm³/mol. The number of hydrogen-bond donors (Lipinski definition) is 0. The van der Waals surface area contributed by atoms with Gasteiger partial charge in [0.2, 0.25) is 5.88 Å². The van der Waals surface area contributed by atoms with Crippen molar-refractivity contribution >= 4 is 21.6 Å². The first-order chi connectivity index (χ1) is 8.22. The third-order valence-corrected chi connectivity index (χ3v) is 2.96. The van der Waals surface area contributed by atoms with Gasteiger partial charge in [-0.3, -0.25) is 9.20 Å². The quantitative estimate of drug-likeness (QED) is 0.837. The van der Waals surface area contributed by atoms with Crippen molar-refractivity contribution in [3.8, 4) is 5.88 Å². The van der Waals surface area contributed by atoms with Crippen LogP contribution >= 0.6 is 15.9 Å². The van der Waals surface area contributed by atoms with Crippen LogP contribution < -0.4 is 10.3 Å². The Kier molecular flexibility index (Phi) is 2.60. The van der Waals surface area contributed by atoms with Crippen molar-refractivity contribution in [2.24, 2.45) is 0 Å². The summed E-state index contributed by atoms with van der Waals surface area (Å²) in [6, 6.07) is 4.98. The van der Waals surface area contributed by atoms with E-state index in [4.69, 9.17) is 9.47 Å². The Bertz CT molecular complexity index is 622. The van der Waals surface area contributed by atoms with Crippen molar-refractivity contribution in [1.82, 2.24) is 9.38 Å². The maximum atomic E-state index is 11.8. The Morgan fingerprint density at radius 2 is 2.29 bits per heavy atom. The molecule has 0 bridgehead atoms. The summed E-state index contributed by atoms with van der Waals surface area (Å²) in [6.45, 7) is 1.11. The fourth-order valence-electron chi connectivity index (χ4n) is 1.57. The maximum Gasteiger partial charge on any atom is 0.261 e. The van der Waals surface area contributed by atoms with E-state index >= 15 is 0 Å². The van der Waals surface area contributed by atoms with Crippen LogP contribution in [-0.2, 0) is 4.74 Å². The Morgan fingerprint density at radius 1 is 1.47 bits per heavy atom. The normalized spacial score (nSPS) is 15.8. The summed E-state index contributed by atoms with van der Waals surface area (Å²) in [4.78, 5) is 16.1. The first-order valence-corrected chi connectivity index (χ1v) is 5.95. The van der Waals surface area contributed by atoms with Gasteiger partial charge >= 0.3 is 0 Å². The highest BCUT2D eigenvalue weighted by atomic mass is 79.9. The molecule has 0 radical (unpaired) electrons. The van der Waals surface area contributed by atoms with Gasteiger partial charge in [0.25, 0.3) is 5.56 Å². The van der Waals surface area contributed by atoms with E-state index in [2.05, 4.69) is 20.9 Å². The number of hydrogen-bond acceptors (Lipinski definition) is 4. The zero-order valence-electron chi connectivity index (χ0n) is 8.80. The number of aromatic nitrogens is 2. The third kappa shape index (κ3) is 2.05. The standard InChI is InChI=1S/C11H9BrN2O3/c12-7-1-2-9-13-10(17-8-5-16-6-8)3-11(15)14(9)4-7/h1-4,8H,5-6H2. The van der Waals surface area contributed by atoms with Crippen molar-refractivity contribution in [2.45, 2.75) is 6.10 Å². The molecule has 0 amide bonds. The number of rotatable bonds is 2. The van der Waals surface area contributed by atoms with Crippen molar-refractivity contribution in [3.63, 3.8) is 0 Å². The smallest absolute Gasteiger partial charge is 0.261 e. The molecule has 1 saturated heterocycles. The Hall–Kier alpha value is -1.40. The summed E-state index contributed by atoms with van der Waals surface area (Å²) in [7, 11) is 0. The average Bonchev–Trinajstić information content (AvgIpc) is 2.25. The van der Waals surface area contributed by atoms with Gasteiger partial charge in [-0.05, 0) is 28.1 Å². The van der Waals surface area contributed by atoms with Crippen LogP contribution in [0.4, 0.5) is 0 Å². The zero-order valence-corrected chi connectivity index (χ0v) is 10.4. The van der Waals surface area contributed by atoms with Crippen LogP contribution in [0.5, 0.6) is 5.88 Å². The van der Waals surface area contributed by atoms with Crippen molar-refractivity contribution < 1.29 is 9.47 Å². The molecule has 0 aliphatic carbocycles. The zero-order chi connectivity index (χ0) is 11.8. The van der Waals surface area contributed by atoms with Gasteiger partial charge in [-0.2, -0.15) is 4.98 Å². The molecule has 0 spiro atoms. The van der Waals surface area contributed by atoms with Gasteiger partial charge in [-0.25, -0.2) is 0 Å². The van der Waals surface area contributed by atoms with Crippen LogP contribution in [0.25, 0.3) is 5.65 Å². The summed E-state index contributed by atoms with van der Waals surface area (Å²) in [5.41, 5.74) is 0.405. The lowest BCUT2D eigenvalue weighted by Crippen LogP contribution is -2.39. The van der Waals surface area contributed by atoms with E-state index in [0.29, 0.717) is 24.7 Å². The third-order valence-electron chi connectivity index (χ3n) is 2.49. The van der Waals surface area contributed by atoms with Crippen LogP contribution in [-0.4, -0.2) is 28.7 Å².